The number of ether oxygens (including phenoxy) is 1. The van der Waals surface area contributed by atoms with E-state index < -0.39 is 0 Å². The van der Waals surface area contributed by atoms with Gasteiger partial charge in [-0.1, -0.05) is 29.8 Å². The molecule has 2 aromatic rings. The Hall–Kier alpha value is -2.37. The molecule has 1 amide bonds. The highest BCUT2D eigenvalue weighted by atomic mass is 16.5. The number of hydrogen-bond acceptors (Lipinski definition) is 4. The van der Waals surface area contributed by atoms with E-state index in [4.69, 9.17) is 4.74 Å². The smallest absolute Gasteiger partial charge is 0.221 e. The number of carbonyl (C=O) groups excluding carboxylic acids is 1. The first-order valence-electron chi connectivity index (χ1n) is 9.38. The van der Waals surface area contributed by atoms with Crippen LogP contribution in [0.3, 0.4) is 0 Å². The second-order valence-corrected chi connectivity index (χ2v) is 7.62. The topological polar surface area (TPSA) is 44.8 Å². The molecule has 1 aliphatic heterocycles. The third kappa shape index (κ3) is 5.31. The summed E-state index contributed by atoms with van der Waals surface area (Å²) in [6, 6.07) is 14.8. The highest BCUT2D eigenvalue weighted by Crippen LogP contribution is 2.27. The summed E-state index contributed by atoms with van der Waals surface area (Å²) < 4.78 is 6.13. The molecule has 2 aromatic carbocycles. The summed E-state index contributed by atoms with van der Waals surface area (Å²) in [5.41, 5.74) is 4.55. The molecule has 0 aromatic heterocycles. The molecule has 0 saturated carbocycles. The van der Waals surface area contributed by atoms with Crippen LogP contribution >= 0.6 is 0 Å². The Bertz CT molecular complexity index is 787. The van der Waals surface area contributed by atoms with Crippen LogP contribution in [-0.2, 0) is 17.9 Å². The van der Waals surface area contributed by atoms with Crippen LogP contribution in [-0.4, -0.2) is 49.0 Å². The van der Waals surface area contributed by atoms with Crippen LogP contribution in [0.5, 0.6) is 5.75 Å². The number of nitrogens with zero attached hydrogens (tertiary/aromatic N) is 2. The Kier molecular flexibility index (Phi) is 6.14. The SMILES string of the molecule is CC(=O)Nc1ccc(CN2Cc3cc(C)ccc3OC[C@H]2CN(C)C)cc1. The normalized spacial score (nSPS) is 17.1. The average Bonchev–Trinajstić information content (AvgIpc) is 2.75. The van der Waals surface area contributed by atoms with E-state index in [0.29, 0.717) is 12.6 Å². The van der Waals surface area contributed by atoms with Crippen LogP contribution in [0.15, 0.2) is 42.5 Å². The van der Waals surface area contributed by atoms with Gasteiger partial charge in [-0.15, -0.1) is 0 Å². The van der Waals surface area contributed by atoms with Gasteiger partial charge in [-0.25, -0.2) is 0 Å². The maximum Gasteiger partial charge on any atom is 0.221 e. The summed E-state index contributed by atoms with van der Waals surface area (Å²) in [7, 11) is 4.20. The van der Waals surface area contributed by atoms with Gasteiger partial charge >= 0.3 is 0 Å². The minimum absolute atomic E-state index is 0.0505. The van der Waals surface area contributed by atoms with Gasteiger partial charge in [-0.3, -0.25) is 9.69 Å². The summed E-state index contributed by atoms with van der Waals surface area (Å²) in [6.45, 7) is 6.97. The molecule has 3 rings (SSSR count). The average molecular weight is 367 g/mol. The van der Waals surface area contributed by atoms with Crippen LogP contribution in [0.2, 0.25) is 0 Å². The number of hydrogen-bond donors (Lipinski definition) is 1. The molecule has 0 fully saturated rings. The predicted molar refractivity (Wildman–Crippen MR) is 109 cm³/mol. The Labute approximate surface area is 161 Å². The van der Waals surface area contributed by atoms with E-state index in [1.54, 1.807) is 0 Å². The zero-order valence-electron chi connectivity index (χ0n) is 16.7. The number of anilines is 1. The molecule has 144 valence electrons. The van der Waals surface area contributed by atoms with E-state index >= 15 is 0 Å². The zero-order chi connectivity index (χ0) is 19.4. The molecule has 5 nitrogen and oxygen atoms in total. The van der Waals surface area contributed by atoms with Crippen molar-refractivity contribution in [3.05, 3.63) is 59.2 Å². The monoisotopic (exact) mass is 367 g/mol. The van der Waals surface area contributed by atoms with Crippen molar-refractivity contribution >= 4 is 11.6 Å². The quantitative estimate of drug-likeness (QED) is 0.881. The van der Waals surface area contributed by atoms with Gasteiger partial charge in [0, 0.05) is 37.8 Å². The molecule has 0 radical (unpaired) electrons. The number of likely N-dealkylation sites (N-methyl/N-ethyl adjacent to an activating group) is 1. The first-order valence-corrected chi connectivity index (χ1v) is 9.38. The van der Waals surface area contributed by atoms with Crippen molar-refractivity contribution in [1.82, 2.24) is 9.80 Å². The van der Waals surface area contributed by atoms with Crippen molar-refractivity contribution in [1.29, 1.82) is 0 Å². The molecule has 0 saturated heterocycles. The minimum atomic E-state index is -0.0505. The van der Waals surface area contributed by atoms with Crippen LogP contribution in [0.1, 0.15) is 23.6 Å². The fraction of sp³-hybridized carbons (Fsp3) is 0.409. The van der Waals surface area contributed by atoms with Crippen molar-refractivity contribution in [2.45, 2.75) is 33.0 Å². The Morgan fingerprint density at radius 3 is 2.63 bits per heavy atom. The maximum atomic E-state index is 11.2. The number of aryl methyl sites for hydroxylation is 1. The van der Waals surface area contributed by atoms with Crippen molar-refractivity contribution in [2.24, 2.45) is 0 Å². The number of rotatable bonds is 5. The molecular formula is C22H29N3O2. The highest BCUT2D eigenvalue weighted by molar-refractivity contribution is 5.88. The van der Waals surface area contributed by atoms with Crippen molar-refractivity contribution in [2.75, 3.05) is 32.6 Å². The van der Waals surface area contributed by atoms with Gasteiger partial charge in [-0.05, 0) is 44.8 Å². The summed E-state index contributed by atoms with van der Waals surface area (Å²) in [6.07, 6.45) is 0. The number of fused-ring (bicyclic) bond motifs is 1. The van der Waals surface area contributed by atoms with Crippen molar-refractivity contribution in [3.8, 4) is 5.75 Å². The lowest BCUT2D eigenvalue weighted by atomic mass is 10.1. The standard InChI is InChI=1S/C22H29N3O2/c1-16-5-10-22-19(11-16)13-25(21(15-27-22)14-24(3)4)12-18-6-8-20(9-7-18)23-17(2)26/h5-11,21H,12-15H2,1-4H3,(H,23,26)/t21-/m1/s1. The van der Waals surface area contributed by atoms with Crippen LogP contribution in [0, 0.1) is 6.92 Å². The van der Waals surface area contributed by atoms with Crippen molar-refractivity contribution < 1.29 is 9.53 Å². The van der Waals surface area contributed by atoms with Gasteiger partial charge in [0.15, 0.2) is 0 Å². The van der Waals surface area contributed by atoms with Gasteiger partial charge in [-0.2, -0.15) is 0 Å². The Morgan fingerprint density at radius 1 is 1.22 bits per heavy atom. The van der Waals surface area contributed by atoms with Gasteiger partial charge < -0.3 is 15.0 Å². The lowest BCUT2D eigenvalue weighted by molar-refractivity contribution is -0.114. The van der Waals surface area contributed by atoms with E-state index in [2.05, 4.69) is 66.5 Å². The highest BCUT2D eigenvalue weighted by Gasteiger charge is 2.25. The fourth-order valence-corrected chi connectivity index (χ4v) is 3.52. The number of amides is 1. The fourth-order valence-electron chi connectivity index (χ4n) is 3.52. The van der Waals surface area contributed by atoms with Gasteiger partial charge in [0.25, 0.3) is 0 Å². The molecular weight excluding hydrogens is 338 g/mol. The number of nitrogens with one attached hydrogen (secondary N) is 1. The van der Waals surface area contributed by atoms with E-state index in [0.717, 1.165) is 31.1 Å². The largest absolute Gasteiger partial charge is 0.492 e. The van der Waals surface area contributed by atoms with E-state index in [1.807, 2.05) is 12.1 Å². The van der Waals surface area contributed by atoms with Gasteiger partial charge in [0.1, 0.15) is 12.4 Å². The van der Waals surface area contributed by atoms with Crippen molar-refractivity contribution in [3.63, 3.8) is 0 Å². The summed E-state index contributed by atoms with van der Waals surface area (Å²) >= 11 is 0. The molecule has 1 atom stereocenters. The lowest BCUT2D eigenvalue weighted by Crippen LogP contribution is -2.43. The van der Waals surface area contributed by atoms with E-state index in [9.17, 15) is 4.79 Å². The van der Waals surface area contributed by atoms with Gasteiger partial charge in [0.05, 0.1) is 6.04 Å². The van der Waals surface area contributed by atoms with Crippen LogP contribution in [0.4, 0.5) is 5.69 Å². The zero-order valence-corrected chi connectivity index (χ0v) is 16.7. The third-order valence-corrected chi connectivity index (χ3v) is 4.77. The molecule has 5 heteroatoms. The summed E-state index contributed by atoms with van der Waals surface area (Å²) in [4.78, 5) is 15.9. The molecule has 0 spiro atoms. The van der Waals surface area contributed by atoms with Gasteiger partial charge in [0.2, 0.25) is 5.91 Å². The lowest BCUT2D eigenvalue weighted by Gasteiger charge is -2.31. The second kappa shape index (κ2) is 8.55. The predicted octanol–water partition coefficient (Wildman–Crippen LogP) is 3.28. The van der Waals surface area contributed by atoms with Crippen LogP contribution in [0.25, 0.3) is 0 Å². The second-order valence-electron chi connectivity index (χ2n) is 7.62. The first kappa shape index (κ1) is 19.4. The molecule has 0 unspecified atom stereocenters. The van der Waals surface area contributed by atoms with E-state index in [-0.39, 0.29) is 5.91 Å². The molecule has 27 heavy (non-hydrogen) atoms. The Balaban J connectivity index is 1.80. The van der Waals surface area contributed by atoms with E-state index in [1.165, 1.54) is 23.6 Å². The first-order chi connectivity index (χ1) is 12.9. The Morgan fingerprint density at radius 2 is 1.96 bits per heavy atom. The third-order valence-electron chi connectivity index (χ3n) is 4.77. The number of benzene rings is 2. The molecule has 0 aliphatic carbocycles. The molecule has 1 N–H and O–H groups in total. The molecule has 1 aliphatic rings. The molecule has 0 bridgehead atoms. The molecule has 1 heterocycles. The summed E-state index contributed by atoms with van der Waals surface area (Å²) in [5.74, 6) is 0.943. The number of carbonyl (C=O) groups is 1. The maximum absolute atomic E-state index is 11.2. The minimum Gasteiger partial charge on any atom is -0.492 e. The summed E-state index contributed by atoms with van der Waals surface area (Å²) in [5, 5.41) is 2.82. The van der Waals surface area contributed by atoms with Crippen LogP contribution < -0.4 is 10.1 Å².